The van der Waals surface area contributed by atoms with E-state index in [2.05, 4.69) is 31.0 Å². The molecule has 3 nitrogen and oxygen atoms in total. The normalized spacial score (nSPS) is 29.9. The Kier molecular flexibility index (Phi) is 5.48. The predicted octanol–water partition coefficient (Wildman–Crippen LogP) is 3.19. The van der Waals surface area contributed by atoms with Crippen molar-refractivity contribution in [2.75, 3.05) is 19.6 Å². The highest BCUT2D eigenvalue weighted by molar-refractivity contribution is 5.79. The number of piperidine rings is 1. The number of hydrogen-bond donors (Lipinski definition) is 1. The Hall–Kier alpha value is -0.570. The first kappa shape index (κ1) is 15.8. The summed E-state index contributed by atoms with van der Waals surface area (Å²) >= 11 is 0. The Morgan fingerprint density at radius 2 is 1.95 bits per heavy atom. The Bertz CT molecular complexity index is 321. The molecule has 0 radical (unpaired) electrons. The summed E-state index contributed by atoms with van der Waals surface area (Å²) in [5, 5.41) is 3.57. The molecule has 20 heavy (non-hydrogen) atoms. The second-order valence-electron chi connectivity index (χ2n) is 7.31. The molecular weight excluding hydrogens is 248 g/mol. The van der Waals surface area contributed by atoms with Crippen molar-refractivity contribution in [3.63, 3.8) is 0 Å². The molecule has 0 aromatic rings. The van der Waals surface area contributed by atoms with Gasteiger partial charge >= 0.3 is 0 Å². The molecule has 116 valence electrons. The fraction of sp³-hybridized carbons (Fsp3) is 0.941. The van der Waals surface area contributed by atoms with E-state index in [0.717, 1.165) is 26.1 Å². The van der Waals surface area contributed by atoms with Crippen LogP contribution in [-0.4, -0.2) is 36.5 Å². The summed E-state index contributed by atoms with van der Waals surface area (Å²) in [6.07, 6.45) is 8.59. The van der Waals surface area contributed by atoms with Crippen LogP contribution >= 0.6 is 0 Å². The number of rotatable bonds is 4. The third-order valence-corrected chi connectivity index (χ3v) is 5.35. The van der Waals surface area contributed by atoms with Gasteiger partial charge in [0.15, 0.2) is 0 Å². The van der Waals surface area contributed by atoms with Gasteiger partial charge < -0.3 is 10.2 Å². The highest BCUT2D eigenvalue weighted by Gasteiger charge is 2.39. The standard InChI is InChI=1S/C17H32N2O/c1-4-19(13-14-9-6-8-12-18-14)16(20)15-10-5-7-11-17(15,2)3/h14-15,18H,4-13H2,1-3H3. The number of nitrogens with zero attached hydrogens (tertiary/aromatic N) is 1. The molecular formula is C17H32N2O. The molecule has 1 saturated heterocycles. The van der Waals surface area contributed by atoms with Crippen LogP contribution in [0.1, 0.15) is 65.7 Å². The SMILES string of the molecule is CCN(CC1CCCCN1)C(=O)C1CCCCC1(C)C. The fourth-order valence-electron chi connectivity index (χ4n) is 3.89. The van der Waals surface area contributed by atoms with Crippen LogP contribution in [0.25, 0.3) is 0 Å². The summed E-state index contributed by atoms with van der Waals surface area (Å²) < 4.78 is 0. The number of carbonyl (C=O) groups excluding carboxylic acids is 1. The predicted molar refractivity (Wildman–Crippen MR) is 83.6 cm³/mol. The molecule has 0 spiro atoms. The smallest absolute Gasteiger partial charge is 0.226 e. The minimum atomic E-state index is 0.183. The van der Waals surface area contributed by atoms with Crippen LogP contribution in [0.3, 0.4) is 0 Å². The first-order valence-corrected chi connectivity index (χ1v) is 8.57. The Labute approximate surface area is 124 Å². The summed E-state index contributed by atoms with van der Waals surface area (Å²) in [6.45, 7) is 9.55. The van der Waals surface area contributed by atoms with E-state index in [1.54, 1.807) is 0 Å². The van der Waals surface area contributed by atoms with Crippen molar-refractivity contribution in [3.05, 3.63) is 0 Å². The maximum absolute atomic E-state index is 12.9. The van der Waals surface area contributed by atoms with Gasteiger partial charge in [-0.1, -0.05) is 33.1 Å². The lowest BCUT2D eigenvalue weighted by Crippen LogP contribution is -2.49. The molecule has 2 rings (SSSR count). The fourth-order valence-corrected chi connectivity index (χ4v) is 3.89. The molecule has 1 saturated carbocycles. The van der Waals surface area contributed by atoms with E-state index in [9.17, 15) is 4.79 Å². The third kappa shape index (κ3) is 3.75. The molecule has 1 heterocycles. The number of likely N-dealkylation sites (N-methyl/N-ethyl adjacent to an activating group) is 1. The van der Waals surface area contributed by atoms with Crippen LogP contribution in [0.2, 0.25) is 0 Å². The van der Waals surface area contributed by atoms with Gasteiger partial charge in [-0.3, -0.25) is 4.79 Å². The second-order valence-corrected chi connectivity index (χ2v) is 7.31. The molecule has 0 aromatic carbocycles. The van der Waals surface area contributed by atoms with E-state index in [4.69, 9.17) is 0 Å². The molecule has 2 atom stereocenters. The van der Waals surface area contributed by atoms with E-state index in [0.29, 0.717) is 11.9 Å². The summed E-state index contributed by atoms with van der Waals surface area (Å²) in [5.41, 5.74) is 0.183. The van der Waals surface area contributed by atoms with Gasteiger partial charge in [0.2, 0.25) is 5.91 Å². The maximum Gasteiger partial charge on any atom is 0.226 e. The van der Waals surface area contributed by atoms with Crippen LogP contribution < -0.4 is 5.32 Å². The number of amides is 1. The number of carbonyl (C=O) groups is 1. The average molecular weight is 280 g/mol. The highest BCUT2D eigenvalue weighted by Crippen LogP contribution is 2.41. The Morgan fingerprint density at radius 3 is 2.55 bits per heavy atom. The van der Waals surface area contributed by atoms with Gasteiger partial charge in [0.25, 0.3) is 0 Å². The molecule has 2 fully saturated rings. The van der Waals surface area contributed by atoms with Gasteiger partial charge in [-0.05, 0) is 44.6 Å². The zero-order valence-electron chi connectivity index (χ0n) is 13.6. The van der Waals surface area contributed by atoms with Crippen LogP contribution in [0.5, 0.6) is 0 Å². The lowest BCUT2D eigenvalue weighted by atomic mass is 9.68. The van der Waals surface area contributed by atoms with E-state index in [1.165, 1.54) is 38.5 Å². The van der Waals surface area contributed by atoms with E-state index in [1.807, 2.05) is 0 Å². The summed E-state index contributed by atoms with van der Waals surface area (Å²) in [6, 6.07) is 0.513. The lowest BCUT2D eigenvalue weighted by molar-refractivity contribution is -0.141. The van der Waals surface area contributed by atoms with Gasteiger partial charge in [-0.25, -0.2) is 0 Å². The van der Waals surface area contributed by atoms with Gasteiger partial charge in [0.05, 0.1) is 0 Å². The average Bonchev–Trinajstić information content (AvgIpc) is 2.45. The largest absolute Gasteiger partial charge is 0.341 e. The zero-order valence-corrected chi connectivity index (χ0v) is 13.6. The van der Waals surface area contributed by atoms with Crippen LogP contribution in [0, 0.1) is 11.3 Å². The quantitative estimate of drug-likeness (QED) is 0.857. The molecule has 0 bridgehead atoms. The molecule has 1 amide bonds. The first-order chi connectivity index (χ1) is 9.54. The van der Waals surface area contributed by atoms with E-state index in [-0.39, 0.29) is 11.3 Å². The molecule has 2 unspecified atom stereocenters. The minimum Gasteiger partial charge on any atom is -0.341 e. The minimum absolute atomic E-state index is 0.183. The molecule has 1 aliphatic heterocycles. The van der Waals surface area contributed by atoms with E-state index < -0.39 is 0 Å². The second kappa shape index (κ2) is 6.93. The maximum atomic E-state index is 12.9. The van der Waals surface area contributed by atoms with Crippen LogP contribution in [-0.2, 0) is 4.79 Å². The van der Waals surface area contributed by atoms with Crippen molar-refractivity contribution in [2.24, 2.45) is 11.3 Å². The van der Waals surface area contributed by atoms with Crippen LogP contribution in [0.4, 0.5) is 0 Å². The van der Waals surface area contributed by atoms with Crippen molar-refractivity contribution in [3.8, 4) is 0 Å². The summed E-state index contributed by atoms with van der Waals surface area (Å²) in [5.74, 6) is 0.643. The third-order valence-electron chi connectivity index (χ3n) is 5.35. The van der Waals surface area contributed by atoms with Crippen molar-refractivity contribution in [2.45, 2.75) is 71.8 Å². The summed E-state index contributed by atoms with van der Waals surface area (Å²) in [4.78, 5) is 15.0. The van der Waals surface area contributed by atoms with Gasteiger partial charge in [-0.15, -0.1) is 0 Å². The first-order valence-electron chi connectivity index (χ1n) is 8.57. The van der Waals surface area contributed by atoms with Crippen LogP contribution in [0.15, 0.2) is 0 Å². The van der Waals surface area contributed by atoms with Gasteiger partial charge in [0, 0.05) is 25.0 Å². The van der Waals surface area contributed by atoms with Gasteiger partial charge in [-0.2, -0.15) is 0 Å². The molecule has 3 heteroatoms. The monoisotopic (exact) mass is 280 g/mol. The topological polar surface area (TPSA) is 32.3 Å². The zero-order chi connectivity index (χ0) is 14.6. The molecule has 2 aliphatic rings. The molecule has 0 aromatic heterocycles. The van der Waals surface area contributed by atoms with Crippen molar-refractivity contribution in [1.29, 1.82) is 0 Å². The van der Waals surface area contributed by atoms with Crippen molar-refractivity contribution < 1.29 is 4.79 Å². The lowest BCUT2D eigenvalue weighted by Gasteiger charge is -2.41. The highest BCUT2D eigenvalue weighted by atomic mass is 16.2. The summed E-state index contributed by atoms with van der Waals surface area (Å²) in [7, 11) is 0. The molecule has 1 N–H and O–H groups in total. The van der Waals surface area contributed by atoms with Gasteiger partial charge in [0.1, 0.15) is 0 Å². The van der Waals surface area contributed by atoms with Crippen molar-refractivity contribution in [1.82, 2.24) is 10.2 Å². The van der Waals surface area contributed by atoms with E-state index >= 15 is 0 Å². The molecule has 1 aliphatic carbocycles. The number of hydrogen-bond acceptors (Lipinski definition) is 2. The Morgan fingerprint density at radius 1 is 1.20 bits per heavy atom. The van der Waals surface area contributed by atoms with Crippen molar-refractivity contribution >= 4 is 5.91 Å². The number of nitrogens with one attached hydrogen (secondary N) is 1. The Balaban J connectivity index is 1.96.